The van der Waals surface area contributed by atoms with Gasteiger partial charge in [-0.05, 0) is 38.5 Å². The van der Waals surface area contributed by atoms with E-state index in [0.29, 0.717) is 25.4 Å². The Balaban J connectivity index is 1.85. The van der Waals surface area contributed by atoms with Crippen molar-refractivity contribution in [3.05, 3.63) is 0 Å². The van der Waals surface area contributed by atoms with Crippen LogP contribution >= 0.6 is 0 Å². The monoisotopic (exact) mass is 252 g/mol. The number of carbonyl (C=O) groups is 2. The number of ether oxygens (including phenoxy) is 2. The molecule has 0 aromatic carbocycles. The number of hydrogen-bond donors (Lipinski definition) is 0. The SMILES string of the molecule is CC12CCC(C(=O)OCC3CC3)(OC1=O)C2(C)C. The summed E-state index contributed by atoms with van der Waals surface area (Å²) in [6.07, 6.45) is 3.57. The molecule has 18 heavy (non-hydrogen) atoms. The molecule has 2 aliphatic carbocycles. The van der Waals surface area contributed by atoms with Crippen LogP contribution in [0.15, 0.2) is 0 Å². The normalized spacial score (nSPS) is 40.7. The predicted octanol–water partition coefficient (Wildman–Crippen LogP) is 2.06. The largest absolute Gasteiger partial charge is 0.462 e. The summed E-state index contributed by atoms with van der Waals surface area (Å²) in [4.78, 5) is 24.4. The van der Waals surface area contributed by atoms with Gasteiger partial charge in [0.15, 0.2) is 0 Å². The van der Waals surface area contributed by atoms with Gasteiger partial charge in [0, 0.05) is 5.41 Å². The summed E-state index contributed by atoms with van der Waals surface area (Å²) in [7, 11) is 0. The van der Waals surface area contributed by atoms with E-state index in [1.54, 1.807) is 0 Å². The molecule has 100 valence electrons. The van der Waals surface area contributed by atoms with E-state index in [1.165, 1.54) is 0 Å². The molecule has 3 aliphatic rings. The molecule has 4 nitrogen and oxygen atoms in total. The molecule has 2 saturated carbocycles. The van der Waals surface area contributed by atoms with Gasteiger partial charge in [0.2, 0.25) is 5.60 Å². The first kappa shape index (κ1) is 12.0. The Morgan fingerprint density at radius 2 is 2.00 bits per heavy atom. The molecular weight excluding hydrogens is 232 g/mol. The predicted molar refractivity (Wildman–Crippen MR) is 63.6 cm³/mol. The molecule has 0 amide bonds. The third-order valence-electron chi connectivity index (χ3n) is 5.56. The third kappa shape index (κ3) is 1.21. The Labute approximate surface area is 107 Å². The number of carbonyl (C=O) groups excluding carboxylic acids is 2. The fourth-order valence-corrected chi connectivity index (χ4v) is 3.30. The fourth-order valence-electron chi connectivity index (χ4n) is 3.30. The molecule has 2 unspecified atom stereocenters. The van der Waals surface area contributed by atoms with Crippen molar-refractivity contribution in [2.45, 2.75) is 52.1 Å². The zero-order valence-corrected chi connectivity index (χ0v) is 11.2. The minimum atomic E-state index is -1.05. The topological polar surface area (TPSA) is 52.6 Å². The number of rotatable bonds is 3. The zero-order chi connectivity index (χ0) is 13.2. The molecule has 0 N–H and O–H groups in total. The Hall–Kier alpha value is -1.06. The zero-order valence-electron chi connectivity index (χ0n) is 11.2. The first-order valence-electron chi connectivity index (χ1n) is 6.74. The first-order chi connectivity index (χ1) is 8.33. The molecule has 1 saturated heterocycles. The molecule has 0 aromatic rings. The maximum Gasteiger partial charge on any atom is 0.351 e. The third-order valence-corrected chi connectivity index (χ3v) is 5.56. The van der Waals surface area contributed by atoms with Gasteiger partial charge in [0.05, 0.1) is 12.0 Å². The van der Waals surface area contributed by atoms with Crippen LogP contribution in [0, 0.1) is 16.7 Å². The van der Waals surface area contributed by atoms with Gasteiger partial charge in [-0.2, -0.15) is 0 Å². The fraction of sp³-hybridized carbons (Fsp3) is 0.857. The standard InChI is InChI=1S/C14H20O4/c1-12(2)13(3)6-7-14(12,18-10(13)15)11(16)17-8-9-4-5-9/h9H,4-8H2,1-3H3. The summed E-state index contributed by atoms with van der Waals surface area (Å²) in [6.45, 7) is 6.27. The molecular formula is C14H20O4. The van der Waals surface area contributed by atoms with Crippen molar-refractivity contribution in [1.82, 2.24) is 0 Å². The van der Waals surface area contributed by atoms with Gasteiger partial charge in [0.25, 0.3) is 0 Å². The highest BCUT2D eigenvalue weighted by Crippen LogP contribution is 2.65. The summed E-state index contributed by atoms with van der Waals surface area (Å²) in [5.41, 5.74) is -2.09. The van der Waals surface area contributed by atoms with Gasteiger partial charge in [-0.3, -0.25) is 4.79 Å². The van der Waals surface area contributed by atoms with Gasteiger partial charge in [-0.25, -0.2) is 4.79 Å². The van der Waals surface area contributed by atoms with Crippen LogP contribution < -0.4 is 0 Å². The molecule has 1 heterocycles. The molecule has 3 rings (SSSR count). The van der Waals surface area contributed by atoms with Crippen molar-refractivity contribution in [2.24, 2.45) is 16.7 Å². The minimum absolute atomic E-state index is 0.248. The van der Waals surface area contributed by atoms with Crippen LogP contribution in [0.2, 0.25) is 0 Å². The van der Waals surface area contributed by atoms with Gasteiger partial charge in [0.1, 0.15) is 0 Å². The van der Waals surface area contributed by atoms with Crippen molar-refractivity contribution in [3.63, 3.8) is 0 Å². The Morgan fingerprint density at radius 3 is 2.44 bits per heavy atom. The molecule has 3 fully saturated rings. The highest BCUT2D eigenvalue weighted by atomic mass is 16.6. The van der Waals surface area contributed by atoms with Gasteiger partial charge in [-0.15, -0.1) is 0 Å². The number of hydrogen-bond acceptors (Lipinski definition) is 4. The van der Waals surface area contributed by atoms with Crippen molar-refractivity contribution in [3.8, 4) is 0 Å². The Kier molecular flexibility index (Phi) is 2.19. The molecule has 2 bridgehead atoms. The summed E-state index contributed by atoms with van der Waals surface area (Å²) in [5.74, 6) is -0.0607. The summed E-state index contributed by atoms with van der Waals surface area (Å²) in [6, 6.07) is 0. The van der Waals surface area contributed by atoms with Crippen LogP contribution in [0.3, 0.4) is 0 Å². The lowest BCUT2D eigenvalue weighted by molar-refractivity contribution is -0.183. The van der Waals surface area contributed by atoms with E-state index in [4.69, 9.17) is 9.47 Å². The highest BCUT2D eigenvalue weighted by molar-refractivity contribution is 5.93. The van der Waals surface area contributed by atoms with Crippen LogP contribution in [0.25, 0.3) is 0 Å². The molecule has 2 atom stereocenters. The average Bonchev–Trinajstić information content (AvgIpc) is 3.08. The van der Waals surface area contributed by atoms with Gasteiger partial charge < -0.3 is 9.47 Å². The second-order valence-electron chi connectivity index (χ2n) is 6.72. The summed E-state index contributed by atoms with van der Waals surface area (Å²) >= 11 is 0. The Bertz CT molecular complexity index is 424. The maximum absolute atomic E-state index is 12.4. The average molecular weight is 252 g/mol. The number of esters is 2. The van der Waals surface area contributed by atoms with Crippen LogP contribution in [0.1, 0.15) is 46.5 Å². The van der Waals surface area contributed by atoms with E-state index >= 15 is 0 Å². The van der Waals surface area contributed by atoms with Crippen LogP contribution in [0.5, 0.6) is 0 Å². The maximum atomic E-state index is 12.4. The quantitative estimate of drug-likeness (QED) is 0.721. The van der Waals surface area contributed by atoms with E-state index in [1.807, 2.05) is 20.8 Å². The number of fused-ring (bicyclic) bond motifs is 2. The molecule has 0 aromatic heterocycles. The Morgan fingerprint density at radius 1 is 1.33 bits per heavy atom. The van der Waals surface area contributed by atoms with Gasteiger partial charge >= 0.3 is 11.9 Å². The van der Waals surface area contributed by atoms with E-state index in [9.17, 15) is 9.59 Å². The van der Waals surface area contributed by atoms with E-state index in [2.05, 4.69) is 0 Å². The highest BCUT2D eigenvalue weighted by Gasteiger charge is 2.76. The molecule has 4 heteroatoms. The van der Waals surface area contributed by atoms with Crippen molar-refractivity contribution in [1.29, 1.82) is 0 Å². The summed E-state index contributed by atoms with van der Waals surface area (Å²) in [5, 5.41) is 0. The first-order valence-corrected chi connectivity index (χ1v) is 6.74. The van der Waals surface area contributed by atoms with Crippen molar-refractivity contribution >= 4 is 11.9 Å². The van der Waals surface area contributed by atoms with Crippen LogP contribution in [-0.4, -0.2) is 24.1 Å². The molecule has 0 radical (unpaired) electrons. The minimum Gasteiger partial charge on any atom is -0.462 e. The lowest BCUT2D eigenvalue weighted by Crippen LogP contribution is -2.49. The van der Waals surface area contributed by atoms with Crippen LogP contribution in [-0.2, 0) is 19.1 Å². The van der Waals surface area contributed by atoms with Gasteiger partial charge in [-0.1, -0.05) is 13.8 Å². The van der Waals surface area contributed by atoms with Crippen LogP contribution in [0.4, 0.5) is 0 Å². The van der Waals surface area contributed by atoms with E-state index < -0.39 is 16.4 Å². The lowest BCUT2D eigenvalue weighted by Gasteiger charge is -2.34. The molecule has 0 spiro atoms. The molecule has 1 aliphatic heterocycles. The summed E-state index contributed by atoms with van der Waals surface area (Å²) < 4.78 is 10.9. The second-order valence-corrected chi connectivity index (χ2v) is 6.72. The smallest absolute Gasteiger partial charge is 0.351 e. The lowest BCUT2D eigenvalue weighted by atomic mass is 9.66. The van der Waals surface area contributed by atoms with E-state index in [0.717, 1.165) is 12.8 Å². The van der Waals surface area contributed by atoms with Crippen molar-refractivity contribution in [2.75, 3.05) is 6.61 Å². The van der Waals surface area contributed by atoms with E-state index in [-0.39, 0.29) is 11.9 Å². The second kappa shape index (κ2) is 3.28. The van der Waals surface area contributed by atoms with Crippen molar-refractivity contribution < 1.29 is 19.1 Å².